The van der Waals surface area contributed by atoms with Crippen LogP contribution in [0.15, 0.2) is 23.1 Å². The van der Waals surface area contributed by atoms with E-state index in [1.165, 1.54) is 37.1 Å². The van der Waals surface area contributed by atoms with Gasteiger partial charge < -0.3 is 14.8 Å². The summed E-state index contributed by atoms with van der Waals surface area (Å²) in [5.41, 5.74) is 0. The molecular formula is C21H34N2O5S. The summed E-state index contributed by atoms with van der Waals surface area (Å²) in [7, 11) is -0.660. The zero-order valence-corrected chi connectivity index (χ0v) is 18.8. The van der Waals surface area contributed by atoms with Crippen LogP contribution in [0.4, 0.5) is 0 Å². The fourth-order valence-corrected chi connectivity index (χ4v) is 5.10. The molecule has 0 bridgehead atoms. The van der Waals surface area contributed by atoms with Crippen LogP contribution in [0.25, 0.3) is 0 Å². The van der Waals surface area contributed by atoms with Crippen molar-refractivity contribution in [2.75, 3.05) is 27.3 Å². The van der Waals surface area contributed by atoms with Crippen molar-refractivity contribution < 1.29 is 22.7 Å². The first-order valence-electron chi connectivity index (χ1n) is 10.4. The third-order valence-electron chi connectivity index (χ3n) is 5.45. The number of hydrogen-bond donors (Lipinski definition) is 1. The molecule has 0 saturated carbocycles. The summed E-state index contributed by atoms with van der Waals surface area (Å²) in [5, 5.41) is 3.08. The molecular weight excluding hydrogens is 392 g/mol. The van der Waals surface area contributed by atoms with Crippen LogP contribution in [-0.2, 0) is 14.8 Å². The second kappa shape index (κ2) is 10.8. The zero-order valence-electron chi connectivity index (χ0n) is 17.9. The number of nitrogens with zero attached hydrogens (tertiary/aromatic N) is 1. The van der Waals surface area contributed by atoms with Crippen molar-refractivity contribution in [3.05, 3.63) is 18.2 Å². The molecule has 1 saturated heterocycles. The minimum absolute atomic E-state index is 0.0390. The quantitative estimate of drug-likeness (QED) is 0.581. The fraction of sp³-hybridized carbons (Fsp3) is 0.667. The summed E-state index contributed by atoms with van der Waals surface area (Å²) in [6.07, 6.45) is 5.48. The van der Waals surface area contributed by atoms with Crippen LogP contribution in [0, 0.1) is 5.92 Å². The van der Waals surface area contributed by atoms with E-state index in [1.54, 1.807) is 6.07 Å². The Bertz CT molecular complexity index is 773. The normalized spacial score (nSPS) is 17.0. The SMILES string of the molecule is CCCCCC(C)NC(=O)C1CCN(S(=O)(=O)c2ccc(OC)c(OC)c2)CC1. The van der Waals surface area contributed by atoms with Crippen molar-refractivity contribution in [3.8, 4) is 11.5 Å². The molecule has 2 rings (SSSR count). The molecule has 0 aromatic heterocycles. The van der Waals surface area contributed by atoms with Crippen molar-refractivity contribution in [1.29, 1.82) is 0 Å². The summed E-state index contributed by atoms with van der Waals surface area (Å²) >= 11 is 0. The minimum Gasteiger partial charge on any atom is -0.493 e. The largest absolute Gasteiger partial charge is 0.493 e. The minimum atomic E-state index is -3.64. The lowest BCUT2D eigenvalue weighted by Gasteiger charge is -2.31. The number of unbranched alkanes of at least 4 members (excludes halogenated alkanes) is 2. The molecule has 1 aromatic rings. The lowest BCUT2D eigenvalue weighted by Crippen LogP contribution is -2.44. The Balaban J connectivity index is 1.95. The number of methoxy groups -OCH3 is 2. The Morgan fingerprint density at radius 2 is 1.83 bits per heavy atom. The van der Waals surface area contributed by atoms with E-state index in [0.717, 1.165) is 19.3 Å². The van der Waals surface area contributed by atoms with E-state index in [-0.39, 0.29) is 22.8 Å². The van der Waals surface area contributed by atoms with Gasteiger partial charge in [0, 0.05) is 31.1 Å². The van der Waals surface area contributed by atoms with Crippen LogP contribution in [0.1, 0.15) is 52.4 Å². The fourth-order valence-electron chi connectivity index (χ4n) is 3.62. The first-order valence-corrected chi connectivity index (χ1v) is 11.8. The van der Waals surface area contributed by atoms with E-state index in [0.29, 0.717) is 37.4 Å². The van der Waals surface area contributed by atoms with E-state index in [4.69, 9.17) is 9.47 Å². The Labute approximate surface area is 174 Å². The third-order valence-corrected chi connectivity index (χ3v) is 7.34. The molecule has 164 valence electrons. The smallest absolute Gasteiger partial charge is 0.243 e. The number of benzene rings is 1. The molecule has 0 spiro atoms. The van der Waals surface area contributed by atoms with Crippen molar-refractivity contribution in [2.24, 2.45) is 5.92 Å². The molecule has 1 amide bonds. The van der Waals surface area contributed by atoms with Gasteiger partial charge in [0.05, 0.1) is 19.1 Å². The number of hydrogen-bond acceptors (Lipinski definition) is 5. The number of piperidine rings is 1. The number of carbonyl (C=O) groups excluding carboxylic acids is 1. The Kier molecular flexibility index (Phi) is 8.77. The molecule has 0 radical (unpaired) electrons. The van der Waals surface area contributed by atoms with E-state index in [2.05, 4.69) is 12.2 Å². The standard InChI is InChI=1S/C21H34N2O5S/c1-5-6-7-8-16(2)22-21(24)17-11-13-23(14-12-17)29(25,26)18-9-10-19(27-3)20(15-18)28-4/h9-10,15-17H,5-8,11-14H2,1-4H3,(H,22,24). The summed E-state index contributed by atoms with van der Waals surface area (Å²) in [6.45, 7) is 4.86. The van der Waals surface area contributed by atoms with Gasteiger partial charge in [0.15, 0.2) is 11.5 Å². The van der Waals surface area contributed by atoms with E-state index in [9.17, 15) is 13.2 Å². The highest BCUT2D eigenvalue weighted by molar-refractivity contribution is 7.89. The van der Waals surface area contributed by atoms with Crippen molar-refractivity contribution in [2.45, 2.75) is 63.3 Å². The van der Waals surface area contributed by atoms with Crippen LogP contribution in [0.2, 0.25) is 0 Å². The second-order valence-corrected chi connectivity index (χ2v) is 9.54. The first kappa shape index (κ1) is 23.5. The molecule has 1 aliphatic heterocycles. The third kappa shape index (κ3) is 6.09. The molecule has 1 aliphatic rings. The van der Waals surface area contributed by atoms with Gasteiger partial charge in [-0.2, -0.15) is 4.31 Å². The summed E-state index contributed by atoms with van der Waals surface area (Å²) in [5.74, 6) is 0.757. The predicted octanol–water partition coefficient (Wildman–Crippen LogP) is 3.19. The Morgan fingerprint density at radius 3 is 2.41 bits per heavy atom. The van der Waals surface area contributed by atoms with Crippen molar-refractivity contribution >= 4 is 15.9 Å². The number of rotatable bonds is 10. The highest BCUT2D eigenvalue weighted by atomic mass is 32.2. The van der Waals surface area contributed by atoms with Gasteiger partial charge in [-0.1, -0.05) is 26.2 Å². The molecule has 29 heavy (non-hydrogen) atoms. The number of carbonyl (C=O) groups is 1. The van der Waals surface area contributed by atoms with E-state index in [1.807, 2.05) is 6.92 Å². The Morgan fingerprint density at radius 1 is 1.17 bits per heavy atom. The van der Waals surface area contributed by atoms with Crippen LogP contribution in [0.3, 0.4) is 0 Å². The molecule has 1 aromatic carbocycles. The summed E-state index contributed by atoms with van der Waals surface area (Å²) in [6, 6.07) is 4.74. The van der Waals surface area contributed by atoms with Gasteiger partial charge in [-0.25, -0.2) is 8.42 Å². The van der Waals surface area contributed by atoms with Gasteiger partial charge in [-0.3, -0.25) is 4.79 Å². The summed E-state index contributed by atoms with van der Waals surface area (Å²) in [4.78, 5) is 12.7. The molecule has 1 unspecified atom stereocenters. The monoisotopic (exact) mass is 426 g/mol. The topological polar surface area (TPSA) is 84.9 Å². The van der Waals surface area contributed by atoms with E-state index < -0.39 is 10.0 Å². The van der Waals surface area contributed by atoms with Gasteiger partial charge in [0.1, 0.15) is 0 Å². The highest BCUT2D eigenvalue weighted by Gasteiger charge is 2.32. The van der Waals surface area contributed by atoms with Crippen LogP contribution >= 0.6 is 0 Å². The highest BCUT2D eigenvalue weighted by Crippen LogP contribution is 2.32. The number of nitrogens with one attached hydrogen (secondary N) is 1. The first-order chi connectivity index (χ1) is 13.8. The number of amides is 1. The van der Waals surface area contributed by atoms with Crippen LogP contribution < -0.4 is 14.8 Å². The average molecular weight is 427 g/mol. The lowest BCUT2D eigenvalue weighted by molar-refractivity contribution is -0.126. The molecule has 7 nitrogen and oxygen atoms in total. The van der Waals surface area contributed by atoms with Gasteiger partial charge >= 0.3 is 0 Å². The second-order valence-electron chi connectivity index (χ2n) is 7.60. The van der Waals surface area contributed by atoms with Crippen molar-refractivity contribution in [1.82, 2.24) is 9.62 Å². The van der Waals surface area contributed by atoms with Crippen molar-refractivity contribution in [3.63, 3.8) is 0 Å². The average Bonchev–Trinajstić information content (AvgIpc) is 2.73. The Hall–Kier alpha value is -1.80. The van der Waals surface area contributed by atoms with Crippen LogP contribution in [-0.4, -0.2) is 52.0 Å². The van der Waals surface area contributed by atoms with E-state index >= 15 is 0 Å². The maximum absolute atomic E-state index is 13.0. The number of ether oxygens (including phenoxy) is 2. The van der Waals surface area contributed by atoms with Gasteiger partial charge in [-0.15, -0.1) is 0 Å². The lowest BCUT2D eigenvalue weighted by atomic mass is 9.96. The molecule has 1 heterocycles. The van der Waals surface area contributed by atoms with Gasteiger partial charge in [-0.05, 0) is 38.3 Å². The molecule has 0 aliphatic carbocycles. The zero-order chi connectivity index (χ0) is 21.4. The molecule has 8 heteroatoms. The molecule has 1 atom stereocenters. The van der Waals surface area contributed by atoms with Gasteiger partial charge in [0.2, 0.25) is 15.9 Å². The number of sulfonamides is 1. The predicted molar refractivity (Wildman–Crippen MR) is 113 cm³/mol. The maximum Gasteiger partial charge on any atom is 0.243 e. The molecule has 1 N–H and O–H groups in total. The van der Waals surface area contributed by atoms with Gasteiger partial charge in [0.25, 0.3) is 0 Å². The summed E-state index contributed by atoms with van der Waals surface area (Å²) < 4.78 is 37.8. The van der Waals surface area contributed by atoms with Crippen LogP contribution in [0.5, 0.6) is 11.5 Å². The maximum atomic E-state index is 13.0. The molecule has 1 fully saturated rings.